The van der Waals surface area contributed by atoms with Crippen LogP contribution in [-0.2, 0) is 11.3 Å². The third kappa shape index (κ3) is 3.30. The number of nitrogens with zero attached hydrogens (tertiary/aromatic N) is 4. The summed E-state index contributed by atoms with van der Waals surface area (Å²) in [6, 6.07) is 6.97. The van der Waals surface area contributed by atoms with E-state index in [1.165, 1.54) is 10.9 Å². The van der Waals surface area contributed by atoms with E-state index in [4.69, 9.17) is 16.9 Å². The van der Waals surface area contributed by atoms with Crippen molar-refractivity contribution in [2.45, 2.75) is 6.54 Å². The number of benzene rings is 1. The Labute approximate surface area is 122 Å². The van der Waals surface area contributed by atoms with E-state index in [-0.39, 0.29) is 18.3 Å². The molecule has 0 saturated carbocycles. The van der Waals surface area contributed by atoms with Gasteiger partial charge in [0.05, 0.1) is 10.7 Å². The number of nitrogens with one attached hydrogen (secondary N) is 1. The van der Waals surface area contributed by atoms with Gasteiger partial charge in [-0.1, -0.05) is 27.5 Å². The second-order valence-corrected chi connectivity index (χ2v) is 4.89. The second-order valence-electron chi connectivity index (χ2n) is 3.57. The highest BCUT2D eigenvalue weighted by atomic mass is 79.9. The zero-order chi connectivity index (χ0) is 13.8. The number of nitriles is 1. The maximum Gasteiger partial charge on any atom is 0.244 e. The van der Waals surface area contributed by atoms with Crippen molar-refractivity contribution >= 4 is 39.1 Å². The van der Waals surface area contributed by atoms with Crippen molar-refractivity contribution in [2.75, 3.05) is 5.32 Å². The lowest BCUT2D eigenvalue weighted by atomic mass is 10.3. The van der Waals surface area contributed by atoms with Gasteiger partial charge in [-0.15, -0.1) is 10.2 Å². The average Bonchev–Trinajstić information content (AvgIpc) is 2.80. The number of carbonyl (C=O) groups excluding carboxylic acids is 1. The number of carbonyl (C=O) groups is 1. The molecule has 6 nitrogen and oxygen atoms in total. The molecule has 1 amide bonds. The van der Waals surface area contributed by atoms with Crippen LogP contribution in [0.25, 0.3) is 0 Å². The minimum Gasteiger partial charge on any atom is -0.323 e. The number of halogens is 2. The van der Waals surface area contributed by atoms with Crippen molar-refractivity contribution < 1.29 is 4.79 Å². The Morgan fingerprint density at radius 1 is 1.58 bits per heavy atom. The average molecular weight is 341 g/mol. The summed E-state index contributed by atoms with van der Waals surface area (Å²) >= 11 is 9.26. The largest absolute Gasteiger partial charge is 0.323 e. The van der Waals surface area contributed by atoms with Crippen molar-refractivity contribution in [3.05, 3.63) is 39.8 Å². The van der Waals surface area contributed by atoms with Crippen LogP contribution in [0, 0.1) is 11.3 Å². The zero-order valence-corrected chi connectivity index (χ0v) is 11.8. The summed E-state index contributed by atoms with van der Waals surface area (Å²) in [5, 5.41) is 18.9. The van der Waals surface area contributed by atoms with E-state index in [1.54, 1.807) is 18.2 Å². The molecule has 96 valence electrons. The molecule has 2 aromatic rings. The number of hydrogen-bond acceptors (Lipinski definition) is 4. The molecule has 0 saturated heterocycles. The molecule has 0 bridgehead atoms. The fourth-order valence-electron chi connectivity index (χ4n) is 1.39. The van der Waals surface area contributed by atoms with Gasteiger partial charge < -0.3 is 5.32 Å². The van der Waals surface area contributed by atoms with Crippen LogP contribution in [0.2, 0.25) is 5.02 Å². The first-order valence-corrected chi connectivity index (χ1v) is 6.30. The maximum atomic E-state index is 11.8. The van der Waals surface area contributed by atoms with Gasteiger partial charge in [-0.05, 0) is 18.2 Å². The molecule has 1 aromatic heterocycles. The smallest absolute Gasteiger partial charge is 0.244 e. The van der Waals surface area contributed by atoms with Crippen molar-refractivity contribution in [1.82, 2.24) is 14.8 Å². The second kappa shape index (κ2) is 5.82. The summed E-state index contributed by atoms with van der Waals surface area (Å²) < 4.78 is 2.17. The van der Waals surface area contributed by atoms with Gasteiger partial charge in [-0.2, -0.15) is 5.26 Å². The van der Waals surface area contributed by atoms with Crippen LogP contribution in [0.3, 0.4) is 0 Å². The first-order valence-electron chi connectivity index (χ1n) is 5.13. The molecule has 19 heavy (non-hydrogen) atoms. The van der Waals surface area contributed by atoms with E-state index >= 15 is 0 Å². The molecule has 0 aliphatic rings. The Morgan fingerprint density at radius 3 is 3.05 bits per heavy atom. The summed E-state index contributed by atoms with van der Waals surface area (Å²) in [4.78, 5) is 11.8. The highest BCUT2D eigenvalue weighted by Gasteiger charge is 2.10. The van der Waals surface area contributed by atoms with Gasteiger partial charge in [-0.3, -0.25) is 9.36 Å². The molecule has 2 rings (SSSR count). The van der Waals surface area contributed by atoms with Crippen molar-refractivity contribution in [2.24, 2.45) is 0 Å². The lowest BCUT2D eigenvalue weighted by molar-refractivity contribution is -0.116. The summed E-state index contributed by atoms with van der Waals surface area (Å²) in [6.07, 6.45) is 1.32. The SMILES string of the molecule is N#Cc1nncn1CC(=O)Nc1ccc(Br)cc1Cl. The van der Waals surface area contributed by atoms with Gasteiger partial charge >= 0.3 is 0 Å². The van der Waals surface area contributed by atoms with Crippen LogP contribution >= 0.6 is 27.5 Å². The van der Waals surface area contributed by atoms with Gasteiger partial charge in [-0.25, -0.2) is 0 Å². The Kier molecular flexibility index (Phi) is 4.14. The van der Waals surface area contributed by atoms with Crippen molar-refractivity contribution in [1.29, 1.82) is 5.26 Å². The number of anilines is 1. The van der Waals surface area contributed by atoms with E-state index in [0.29, 0.717) is 10.7 Å². The minimum atomic E-state index is -0.319. The van der Waals surface area contributed by atoms with Crippen LogP contribution in [0.5, 0.6) is 0 Å². The maximum absolute atomic E-state index is 11.8. The van der Waals surface area contributed by atoms with Crippen LogP contribution in [0.15, 0.2) is 29.0 Å². The molecule has 1 N–H and O–H groups in total. The molecule has 1 heterocycles. The van der Waals surface area contributed by atoms with Gasteiger partial charge in [0.25, 0.3) is 0 Å². The van der Waals surface area contributed by atoms with E-state index in [9.17, 15) is 4.79 Å². The van der Waals surface area contributed by atoms with Gasteiger partial charge in [0.2, 0.25) is 11.7 Å². The number of aromatic nitrogens is 3. The van der Waals surface area contributed by atoms with E-state index in [1.807, 2.05) is 6.07 Å². The van der Waals surface area contributed by atoms with Crippen molar-refractivity contribution in [3.63, 3.8) is 0 Å². The topological polar surface area (TPSA) is 83.6 Å². The van der Waals surface area contributed by atoms with E-state index < -0.39 is 0 Å². The number of hydrogen-bond donors (Lipinski definition) is 1. The normalized spacial score (nSPS) is 9.95. The first kappa shape index (κ1) is 13.5. The molecule has 0 radical (unpaired) electrons. The number of amides is 1. The van der Waals surface area contributed by atoms with Crippen LogP contribution in [0.1, 0.15) is 5.82 Å². The Balaban J connectivity index is 2.08. The van der Waals surface area contributed by atoms with Crippen molar-refractivity contribution in [3.8, 4) is 6.07 Å². The van der Waals surface area contributed by atoms with Crippen LogP contribution in [0.4, 0.5) is 5.69 Å². The van der Waals surface area contributed by atoms with Crippen LogP contribution in [-0.4, -0.2) is 20.7 Å². The molecule has 0 aliphatic heterocycles. The Hall–Kier alpha value is -1.91. The molecular formula is C11H7BrClN5O. The quantitative estimate of drug-likeness (QED) is 0.928. The summed E-state index contributed by atoms with van der Waals surface area (Å²) in [5.41, 5.74) is 0.501. The molecule has 0 atom stereocenters. The standard InChI is InChI=1S/C11H7BrClN5O/c12-7-1-2-9(8(13)3-7)16-11(19)5-18-6-15-17-10(18)4-14/h1-3,6H,5H2,(H,16,19). The molecule has 8 heteroatoms. The molecule has 1 aromatic carbocycles. The predicted octanol–water partition coefficient (Wildman–Crippen LogP) is 2.20. The summed E-state index contributed by atoms with van der Waals surface area (Å²) in [7, 11) is 0. The van der Waals surface area contributed by atoms with E-state index in [2.05, 4.69) is 31.4 Å². The lowest BCUT2D eigenvalue weighted by Gasteiger charge is -2.08. The third-order valence-electron chi connectivity index (χ3n) is 2.23. The first-order chi connectivity index (χ1) is 9.10. The zero-order valence-electron chi connectivity index (χ0n) is 9.47. The summed E-state index contributed by atoms with van der Waals surface area (Å²) in [5.74, 6) is -0.238. The minimum absolute atomic E-state index is 0.0533. The molecule has 0 aliphatic carbocycles. The van der Waals surface area contributed by atoms with Gasteiger partial charge in [0.15, 0.2) is 0 Å². The fourth-order valence-corrected chi connectivity index (χ4v) is 2.11. The van der Waals surface area contributed by atoms with Crippen LogP contribution < -0.4 is 5.32 Å². The summed E-state index contributed by atoms with van der Waals surface area (Å²) in [6.45, 7) is -0.0533. The van der Waals surface area contributed by atoms with Gasteiger partial charge in [0.1, 0.15) is 18.9 Å². The monoisotopic (exact) mass is 339 g/mol. The predicted molar refractivity (Wildman–Crippen MR) is 72.5 cm³/mol. The molecular weight excluding hydrogens is 334 g/mol. The highest BCUT2D eigenvalue weighted by molar-refractivity contribution is 9.10. The molecule has 0 unspecified atom stereocenters. The number of rotatable bonds is 3. The molecule has 0 fully saturated rings. The Bertz CT molecular complexity index is 663. The van der Waals surface area contributed by atoms with Gasteiger partial charge in [0, 0.05) is 4.47 Å². The highest BCUT2D eigenvalue weighted by Crippen LogP contribution is 2.25. The lowest BCUT2D eigenvalue weighted by Crippen LogP contribution is -2.19. The Morgan fingerprint density at radius 2 is 2.37 bits per heavy atom. The fraction of sp³-hybridized carbons (Fsp3) is 0.0909. The van der Waals surface area contributed by atoms with E-state index in [0.717, 1.165) is 4.47 Å². The molecule has 0 spiro atoms. The third-order valence-corrected chi connectivity index (χ3v) is 3.04.